The lowest BCUT2D eigenvalue weighted by Crippen LogP contribution is -2.16. The van der Waals surface area contributed by atoms with Crippen LogP contribution in [0.25, 0.3) is 0 Å². The summed E-state index contributed by atoms with van der Waals surface area (Å²) in [4.78, 5) is 0. The van der Waals surface area contributed by atoms with Gasteiger partial charge in [-0.15, -0.1) is 0 Å². The van der Waals surface area contributed by atoms with Gasteiger partial charge in [0.25, 0.3) is 0 Å². The first-order valence-corrected chi connectivity index (χ1v) is 6.09. The maximum absolute atomic E-state index is 5.15. The standard InChI is InChI=1S/C11H17NOS/c1-13-11-5-3-4-10(8-11)9-12-6-7-14-2/h3-5,8,12H,6-7,9H2,1-2H3. The van der Waals surface area contributed by atoms with Crippen LogP contribution >= 0.6 is 11.8 Å². The highest BCUT2D eigenvalue weighted by Crippen LogP contribution is 2.11. The Morgan fingerprint density at radius 2 is 2.29 bits per heavy atom. The van der Waals surface area contributed by atoms with Crippen LogP contribution in [0.15, 0.2) is 24.3 Å². The minimum Gasteiger partial charge on any atom is -0.497 e. The van der Waals surface area contributed by atoms with E-state index < -0.39 is 0 Å². The number of nitrogens with one attached hydrogen (secondary N) is 1. The number of methoxy groups -OCH3 is 1. The maximum Gasteiger partial charge on any atom is 0.119 e. The summed E-state index contributed by atoms with van der Waals surface area (Å²) in [5.41, 5.74) is 1.27. The third kappa shape index (κ3) is 4.03. The molecule has 0 unspecified atom stereocenters. The van der Waals surface area contributed by atoms with Gasteiger partial charge in [0.15, 0.2) is 0 Å². The quantitative estimate of drug-likeness (QED) is 0.729. The van der Waals surface area contributed by atoms with E-state index in [1.165, 1.54) is 5.56 Å². The van der Waals surface area contributed by atoms with E-state index in [0.717, 1.165) is 24.6 Å². The Kier molecular flexibility index (Phi) is 5.49. The topological polar surface area (TPSA) is 21.3 Å². The Labute approximate surface area is 90.0 Å². The number of thioether (sulfide) groups is 1. The first-order valence-electron chi connectivity index (χ1n) is 4.69. The number of ether oxygens (including phenoxy) is 1. The van der Waals surface area contributed by atoms with Gasteiger partial charge < -0.3 is 10.1 Å². The van der Waals surface area contributed by atoms with Crippen LogP contribution in [0.4, 0.5) is 0 Å². The summed E-state index contributed by atoms with van der Waals surface area (Å²) in [6, 6.07) is 8.15. The smallest absolute Gasteiger partial charge is 0.119 e. The van der Waals surface area contributed by atoms with E-state index in [1.807, 2.05) is 23.9 Å². The van der Waals surface area contributed by atoms with E-state index in [-0.39, 0.29) is 0 Å². The Morgan fingerprint density at radius 1 is 1.43 bits per heavy atom. The molecule has 0 spiro atoms. The SMILES string of the molecule is COc1cccc(CNCCSC)c1. The molecular formula is C11H17NOS. The monoisotopic (exact) mass is 211 g/mol. The van der Waals surface area contributed by atoms with E-state index in [2.05, 4.69) is 23.7 Å². The van der Waals surface area contributed by atoms with Crippen molar-refractivity contribution in [3.8, 4) is 5.75 Å². The first kappa shape index (κ1) is 11.4. The van der Waals surface area contributed by atoms with Crippen LogP contribution in [0.1, 0.15) is 5.56 Å². The zero-order valence-electron chi connectivity index (χ0n) is 8.75. The molecule has 1 aromatic rings. The maximum atomic E-state index is 5.15. The lowest BCUT2D eigenvalue weighted by Gasteiger charge is -2.05. The second kappa shape index (κ2) is 6.74. The third-order valence-corrected chi connectivity index (χ3v) is 2.56. The highest BCUT2D eigenvalue weighted by atomic mass is 32.2. The summed E-state index contributed by atoms with van der Waals surface area (Å²) in [6.45, 7) is 1.97. The average Bonchev–Trinajstić information content (AvgIpc) is 2.25. The molecule has 0 heterocycles. The van der Waals surface area contributed by atoms with Gasteiger partial charge in [0, 0.05) is 18.8 Å². The summed E-state index contributed by atoms with van der Waals surface area (Å²) in [5, 5.41) is 3.38. The van der Waals surface area contributed by atoms with Crippen LogP contribution in [0.5, 0.6) is 5.75 Å². The molecule has 0 aliphatic carbocycles. The lowest BCUT2D eigenvalue weighted by molar-refractivity contribution is 0.414. The van der Waals surface area contributed by atoms with Crippen LogP contribution in [0.3, 0.4) is 0 Å². The molecule has 0 radical (unpaired) electrons. The molecule has 78 valence electrons. The largest absolute Gasteiger partial charge is 0.497 e. The molecule has 0 aromatic heterocycles. The molecule has 0 saturated heterocycles. The van der Waals surface area contributed by atoms with Crippen molar-refractivity contribution in [1.82, 2.24) is 5.32 Å². The fraction of sp³-hybridized carbons (Fsp3) is 0.455. The predicted molar refractivity (Wildman–Crippen MR) is 63.1 cm³/mol. The van der Waals surface area contributed by atoms with Gasteiger partial charge in [-0.1, -0.05) is 12.1 Å². The Morgan fingerprint density at radius 3 is 3.00 bits per heavy atom. The van der Waals surface area contributed by atoms with Crippen molar-refractivity contribution in [2.45, 2.75) is 6.54 Å². The van der Waals surface area contributed by atoms with Crippen LogP contribution in [0, 0.1) is 0 Å². The Bertz CT molecular complexity index is 265. The normalized spacial score (nSPS) is 10.1. The van der Waals surface area contributed by atoms with Gasteiger partial charge in [-0.25, -0.2) is 0 Å². The summed E-state index contributed by atoms with van der Waals surface area (Å²) in [7, 11) is 1.69. The Hall–Kier alpha value is -0.670. The van der Waals surface area contributed by atoms with Gasteiger partial charge in [0.2, 0.25) is 0 Å². The number of hydrogen-bond acceptors (Lipinski definition) is 3. The molecule has 1 N–H and O–H groups in total. The van der Waals surface area contributed by atoms with E-state index >= 15 is 0 Å². The molecule has 3 heteroatoms. The van der Waals surface area contributed by atoms with Crippen molar-refractivity contribution in [2.75, 3.05) is 25.7 Å². The van der Waals surface area contributed by atoms with Crippen LogP contribution in [-0.4, -0.2) is 25.7 Å². The van der Waals surface area contributed by atoms with Gasteiger partial charge in [0.05, 0.1) is 7.11 Å². The van der Waals surface area contributed by atoms with E-state index in [9.17, 15) is 0 Å². The minimum absolute atomic E-state index is 0.914. The second-order valence-electron chi connectivity index (χ2n) is 3.02. The molecule has 0 fully saturated rings. The van der Waals surface area contributed by atoms with Crippen molar-refractivity contribution in [1.29, 1.82) is 0 Å². The second-order valence-corrected chi connectivity index (χ2v) is 4.01. The van der Waals surface area contributed by atoms with Crippen molar-refractivity contribution in [3.63, 3.8) is 0 Å². The van der Waals surface area contributed by atoms with Gasteiger partial charge in [-0.3, -0.25) is 0 Å². The van der Waals surface area contributed by atoms with Crippen molar-refractivity contribution in [3.05, 3.63) is 29.8 Å². The van der Waals surface area contributed by atoms with Crippen LogP contribution < -0.4 is 10.1 Å². The molecule has 0 aliphatic rings. The average molecular weight is 211 g/mol. The molecule has 0 saturated carbocycles. The lowest BCUT2D eigenvalue weighted by atomic mass is 10.2. The van der Waals surface area contributed by atoms with E-state index in [1.54, 1.807) is 7.11 Å². The highest BCUT2D eigenvalue weighted by Gasteiger charge is 1.94. The van der Waals surface area contributed by atoms with Crippen LogP contribution in [-0.2, 0) is 6.54 Å². The molecule has 0 bridgehead atoms. The molecule has 0 aliphatic heterocycles. The zero-order chi connectivity index (χ0) is 10.2. The fourth-order valence-electron chi connectivity index (χ4n) is 1.19. The summed E-state index contributed by atoms with van der Waals surface area (Å²) >= 11 is 1.86. The zero-order valence-corrected chi connectivity index (χ0v) is 9.56. The van der Waals surface area contributed by atoms with Gasteiger partial charge in [0.1, 0.15) is 5.75 Å². The molecule has 0 amide bonds. The van der Waals surface area contributed by atoms with Gasteiger partial charge in [-0.2, -0.15) is 11.8 Å². The molecular weight excluding hydrogens is 194 g/mol. The van der Waals surface area contributed by atoms with Gasteiger partial charge in [-0.05, 0) is 24.0 Å². The van der Waals surface area contributed by atoms with Crippen molar-refractivity contribution < 1.29 is 4.74 Å². The van der Waals surface area contributed by atoms with E-state index in [0.29, 0.717) is 0 Å². The number of rotatable bonds is 6. The van der Waals surface area contributed by atoms with Crippen molar-refractivity contribution >= 4 is 11.8 Å². The highest BCUT2D eigenvalue weighted by molar-refractivity contribution is 7.98. The number of benzene rings is 1. The fourth-order valence-corrected chi connectivity index (χ4v) is 1.54. The molecule has 2 nitrogen and oxygen atoms in total. The van der Waals surface area contributed by atoms with Crippen molar-refractivity contribution in [2.24, 2.45) is 0 Å². The molecule has 1 aromatic carbocycles. The summed E-state index contributed by atoms with van der Waals surface area (Å²) < 4.78 is 5.15. The third-order valence-electron chi connectivity index (χ3n) is 1.95. The minimum atomic E-state index is 0.914. The van der Waals surface area contributed by atoms with Gasteiger partial charge >= 0.3 is 0 Å². The molecule has 14 heavy (non-hydrogen) atoms. The van der Waals surface area contributed by atoms with E-state index in [4.69, 9.17) is 4.74 Å². The molecule has 0 atom stereocenters. The van der Waals surface area contributed by atoms with Crippen LogP contribution in [0.2, 0.25) is 0 Å². The molecule has 1 rings (SSSR count). The summed E-state index contributed by atoms with van der Waals surface area (Å²) in [6.07, 6.45) is 2.12. The Balaban J connectivity index is 2.34. The number of hydrogen-bond donors (Lipinski definition) is 1. The first-order chi connectivity index (χ1) is 6.86. The summed E-state index contributed by atoms with van der Waals surface area (Å²) in [5.74, 6) is 2.08. The predicted octanol–water partition coefficient (Wildman–Crippen LogP) is 2.15.